The Morgan fingerprint density at radius 3 is 2.67 bits per heavy atom. The summed E-state index contributed by atoms with van der Waals surface area (Å²) in [6, 6.07) is 13.4. The molecule has 3 rings (SSSR count). The maximum absolute atomic E-state index is 6.08. The molecule has 1 heterocycles. The summed E-state index contributed by atoms with van der Waals surface area (Å²) in [6.07, 6.45) is 0.642. The number of fused-ring (bicyclic) bond motifs is 1. The molecule has 0 saturated heterocycles. The van der Waals surface area contributed by atoms with Crippen LogP contribution in [0.1, 0.15) is 17.5 Å². The number of nitrogens with zero attached hydrogens (tertiary/aromatic N) is 1. The van der Waals surface area contributed by atoms with E-state index in [1.165, 1.54) is 0 Å². The van der Waals surface area contributed by atoms with Crippen LogP contribution in [0, 0.1) is 0 Å². The summed E-state index contributed by atoms with van der Waals surface area (Å²) in [6.45, 7) is 0. The Bertz CT molecular complexity index is 737. The first-order valence-corrected chi connectivity index (χ1v) is 7.39. The second-order valence-corrected chi connectivity index (χ2v) is 5.61. The molecule has 1 unspecified atom stereocenters. The van der Waals surface area contributed by atoms with Crippen molar-refractivity contribution in [2.75, 3.05) is 7.05 Å². The number of hydrogen-bond acceptors (Lipinski definition) is 3. The molecular formula is C16H14Cl2N2O. The van der Waals surface area contributed by atoms with Crippen molar-refractivity contribution in [3.63, 3.8) is 0 Å². The third kappa shape index (κ3) is 3.05. The fraction of sp³-hybridized carbons (Fsp3) is 0.188. The zero-order valence-electron chi connectivity index (χ0n) is 11.4. The van der Waals surface area contributed by atoms with Crippen molar-refractivity contribution in [3.8, 4) is 0 Å². The van der Waals surface area contributed by atoms with Crippen LogP contribution < -0.4 is 5.32 Å². The molecule has 0 aliphatic rings. The zero-order chi connectivity index (χ0) is 14.8. The van der Waals surface area contributed by atoms with E-state index in [9.17, 15) is 0 Å². The molecular weight excluding hydrogens is 307 g/mol. The van der Waals surface area contributed by atoms with Gasteiger partial charge in [0, 0.05) is 12.5 Å². The lowest BCUT2D eigenvalue weighted by Crippen LogP contribution is -2.19. The molecule has 0 bridgehead atoms. The van der Waals surface area contributed by atoms with E-state index in [2.05, 4.69) is 10.3 Å². The molecule has 0 spiro atoms. The van der Waals surface area contributed by atoms with Gasteiger partial charge in [0.25, 0.3) is 0 Å². The Hall–Kier alpha value is -1.55. The third-order valence-corrected chi connectivity index (χ3v) is 4.15. The van der Waals surface area contributed by atoms with E-state index in [4.69, 9.17) is 27.6 Å². The molecule has 0 radical (unpaired) electrons. The van der Waals surface area contributed by atoms with Crippen LogP contribution in [0.2, 0.25) is 10.0 Å². The van der Waals surface area contributed by atoms with E-state index >= 15 is 0 Å². The van der Waals surface area contributed by atoms with E-state index in [0.717, 1.165) is 16.7 Å². The largest absolute Gasteiger partial charge is 0.441 e. The van der Waals surface area contributed by atoms with Crippen molar-refractivity contribution in [3.05, 3.63) is 64.0 Å². The Morgan fingerprint density at radius 2 is 1.95 bits per heavy atom. The van der Waals surface area contributed by atoms with Crippen LogP contribution in [0.3, 0.4) is 0 Å². The van der Waals surface area contributed by atoms with Crippen LogP contribution >= 0.6 is 23.2 Å². The first-order valence-electron chi connectivity index (χ1n) is 6.64. The number of aromatic nitrogens is 1. The van der Waals surface area contributed by atoms with Gasteiger partial charge in [0.2, 0.25) is 0 Å². The average Bonchev–Trinajstić information content (AvgIpc) is 2.90. The summed E-state index contributed by atoms with van der Waals surface area (Å²) in [5.74, 6) is 0.696. The number of rotatable bonds is 4. The molecule has 0 aliphatic heterocycles. The lowest BCUT2D eigenvalue weighted by molar-refractivity contribution is 0.474. The molecule has 0 amide bonds. The maximum atomic E-state index is 6.08. The number of nitrogens with one attached hydrogen (secondary N) is 1. The van der Waals surface area contributed by atoms with E-state index in [0.29, 0.717) is 22.4 Å². The molecule has 21 heavy (non-hydrogen) atoms. The number of likely N-dealkylation sites (N-methyl/N-ethyl adjacent to an activating group) is 1. The molecule has 3 aromatic rings. The molecule has 1 aromatic heterocycles. The Labute approximate surface area is 132 Å². The average molecular weight is 321 g/mol. The first-order chi connectivity index (χ1) is 10.2. The Kier molecular flexibility index (Phi) is 4.15. The van der Waals surface area contributed by atoms with Crippen LogP contribution in [0.5, 0.6) is 0 Å². The molecule has 3 nitrogen and oxygen atoms in total. The molecule has 0 aliphatic carbocycles. The summed E-state index contributed by atoms with van der Waals surface area (Å²) in [5, 5.41) is 4.36. The van der Waals surface area contributed by atoms with Crippen molar-refractivity contribution in [1.29, 1.82) is 0 Å². The minimum absolute atomic E-state index is 0.0628. The van der Waals surface area contributed by atoms with Gasteiger partial charge in [-0.1, -0.05) is 41.4 Å². The third-order valence-electron chi connectivity index (χ3n) is 3.41. The molecule has 0 saturated carbocycles. The highest BCUT2D eigenvalue weighted by molar-refractivity contribution is 6.42. The predicted molar refractivity (Wildman–Crippen MR) is 86.0 cm³/mol. The summed E-state index contributed by atoms with van der Waals surface area (Å²) in [5.41, 5.74) is 2.72. The van der Waals surface area contributed by atoms with Crippen molar-refractivity contribution < 1.29 is 4.42 Å². The number of oxazole rings is 1. The van der Waals surface area contributed by atoms with E-state index in [-0.39, 0.29) is 6.04 Å². The van der Waals surface area contributed by atoms with Gasteiger partial charge in [0.05, 0.1) is 10.0 Å². The van der Waals surface area contributed by atoms with Gasteiger partial charge in [-0.15, -0.1) is 0 Å². The molecule has 0 fully saturated rings. The van der Waals surface area contributed by atoms with Crippen LogP contribution in [-0.4, -0.2) is 12.0 Å². The normalized spacial score (nSPS) is 12.7. The number of para-hydroxylation sites is 2. The lowest BCUT2D eigenvalue weighted by atomic mass is 10.0. The van der Waals surface area contributed by atoms with Gasteiger partial charge in [-0.3, -0.25) is 0 Å². The Balaban J connectivity index is 1.88. The topological polar surface area (TPSA) is 38.1 Å². The number of halogens is 2. The molecule has 1 atom stereocenters. The first kappa shape index (κ1) is 14.4. The minimum atomic E-state index is 0.0628. The van der Waals surface area contributed by atoms with E-state index in [1.54, 1.807) is 6.07 Å². The standard InChI is InChI=1S/C16H14Cl2N2O/c1-19-14(10-6-7-11(17)12(18)8-10)9-16-20-13-4-2-3-5-15(13)21-16/h2-8,14,19H,9H2,1H3. The van der Waals surface area contributed by atoms with Crippen LogP contribution in [-0.2, 0) is 6.42 Å². The van der Waals surface area contributed by atoms with E-state index in [1.807, 2.05) is 43.4 Å². The second kappa shape index (κ2) is 6.06. The molecule has 5 heteroatoms. The molecule has 2 aromatic carbocycles. The van der Waals surface area contributed by atoms with Gasteiger partial charge < -0.3 is 9.73 Å². The van der Waals surface area contributed by atoms with Crippen LogP contribution in [0.25, 0.3) is 11.1 Å². The lowest BCUT2D eigenvalue weighted by Gasteiger charge is -2.15. The fourth-order valence-corrected chi connectivity index (χ4v) is 2.60. The molecule has 1 N–H and O–H groups in total. The summed E-state index contributed by atoms with van der Waals surface area (Å²) in [4.78, 5) is 4.50. The van der Waals surface area contributed by atoms with Crippen molar-refractivity contribution in [2.45, 2.75) is 12.5 Å². The summed E-state index contributed by atoms with van der Waals surface area (Å²) < 4.78 is 5.77. The monoisotopic (exact) mass is 320 g/mol. The van der Waals surface area contributed by atoms with Gasteiger partial charge in [0.1, 0.15) is 5.52 Å². The van der Waals surface area contributed by atoms with E-state index < -0.39 is 0 Å². The van der Waals surface area contributed by atoms with Crippen LogP contribution in [0.15, 0.2) is 46.9 Å². The minimum Gasteiger partial charge on any atom is -0.441 e. The fourth-order valence-electron chi connectivity index (χ4n) is 2.30. The highest BCUT2D eigenvalue weighted by Crippen LogP contribution is 2.27. The maximum Gasteiger partial charge on any atom is 0.197 e. The summed E-state index contributed by atoms with van der Waals surface area (Å²) >= 11 is 12.0. The Morgan fingerprint density at radius 1 is 1.14 bits per heavy atom. The van der Waals surface area contributed by atoms with Gasteiger partial charge in [-0.2, -0.15) is 0 Å². The quantitative estimate of drug-likeness (QED) is 0.761. The van der Waals surface area contributed by atoms with Crippen molar-refractivity contribution in [2.24, 2.45) is 0 Å². The predicted octanol–water partition coefficient (Wildman–Crippen LogP) is 4.64. The van der Waals surface area contributed by atoms with Gasteiger partial charge in [-0.05, 0) is 36.9 Å². The molecule has 108 valence electrons. The zero-order valence-corrected chi connectivity index (χ0v) is 12.9. The second-order valence-electron chi connectivity index (χ2n) is 4.79. The SMILES string of the molecule is CNC(Cc1nc2ccccc2o1)c1ccc(Cl)c(Cl)c1. The van der Waals surface area contributed by atoms with Gasteiger partial charge >= 0.3 is 0 Å². The van der Waals surface area contributed by atoms with Gasteiger partial charge in [-0.25, -0.2) is 4.98 Å². The number of hydrogen-bond donors (Lipinski definition) is 1. The van der Waals surface area contributed by atoms with Crippen molar-refractivity contribution in [1.82, 2.24) is 10.3 Å². The summed E-state index contributed by atoms with van der Waals surface area (Å²) in [7, 11) is 1.90. The number of benzene rings is 2. The van der Waals surface area contributed by atoms with Gasteiger partial charge in [0.15, 0.2) is 11.5 Å². The van der Waals surface area contributed by atoms with Crippen molar-refractivity contribution >= 4 is 34.3 Å². The smallest absolute Gasteiger partial charge is 0.197 e. The highest BCUT2D eigenvalue weighted by Gasteiger charge is 2.15. The van der Waals surface area contributed by atoms with Crippen LogP contribution in [0.4, 0.5) is 0 Å². The highest BCUT2D eigenvalue weighted by atomic mass is 35.5.